The number of hydrogen-bond donors (Lipinski definition) is 2. The van der Waals surface area contributed by atoms with Crippen LogP contribution in [0.15, 0.2) is 24.3 Å². The third kappa shape index (κ3) is 11.5. The van der Waals surface area contributed by atoms with Crippen molar-refractivity contribution in [3.05, 3.63) is 35.4 Å². The summed E-state index contributed by atoms with van der Waals surface area (Å²) < 4.78 is 31.7. The van der Waals surface area contributed by atoms with E-state index in [1.54, 1.807) is 12.1 Å². The average Bonchev–Trinajstić information content (AvgIpc) is 3.03. The highest BCUT2D eigenvalue weighted by atomic mass is 16.5. The molecule has 0 radical (unpaired) electrons. The van der Waals surface area contributed by atoms with Crippen molar-refractivity contribution in [1.82, 2.24) is 0 Å². The van der Waals surface area contributed by atoms with Gasteiger partial charge in [0.1, 0.15) is 57.2 Å². The Bertz CT molecular complexity index is 1340. The molecule has 0 saturated heterocycles. The SMILES string of the molecule is COc1cc(O)c2c(c1)OCCCCC(=O)CCCCOC2=O.COc1cc(O)c2c(c1)OCCCCCC(=O)CCCOC2=O. The van der Waals surface area contributed by atoms with Gasteiger partial charge in [0.25, 0.3) is 0 Å². The molecule has 2 aromatic rings. The van der Waals surface area contributed by atoms with Crippen molar-refractivity contribution in [2.75, 3.05) is 40.6 Å². The van der Waals surface area contributed by atoms with Crippen molar-refractivity contribution in [2.45, 2.75) is 77.0 Å². The lowest BCUT2D eigenvalue weighted by Crippen LogP contribution is -2.12. The van der Waals surface area contributed by atoms with Crippen molar-refractivity contribution in [1.29, 1.82) is 0 Å². The van der Waals surface area contributed by atoms with Crippen LogP contribution < -0.4 is 18.9 Å². The third-order valence-electron chi connectivity index (χ3n) is 7.37. The van der Waals surface area contributed by atoms with Gasteiger partial charge in [0.15, 0.2) is 0 Å². The van der Waals surface area contributed by atoms with E-state index in [0.717, 1.165) is 25.7 Å². The van der Waals surface area contributed by atoms with Gasteiger partial charge in [-0.1, -0.05) is 0 Å². The predicted octanol–water partition coefficient (Wildman–Crippen LogP) is 5.72. The lowest BCUT2D eigenvalue weighted by atomic mass is 10.1. The van der Waals surface area contributed by atoms with Crippen molar-refractivity contribution in [2.24, 2.45) is 0 Å². The molecule has 4 rings (SSSR count). The Kier molecular flexibility index (Phi) is 15.0. The van der Waals surface area contributed by atoms with Crippen LogP contribution in [-0.2, 0) is 19.1 Å². The van der Waals surface area contributed by atoms with Gasteiger partial charge in [-0.05, 0) is 51.4 Å². The number of methoxy groups -OCH3 is 2. The molecular weight excluding hydrogens is 600 g/mol. The van der Waals surface area contributed by atoms with Crippen LogP contribution in [0.5, 0.6) is 34.5 Å². The number of ether oxygens (including phenoxy) is 6. The second kappa shape index (κ2) is 19.1. The lowest BCUT2D eigenvalue weighted by molar-refractivity contribution is -0.120. The molecule has 0 aromatic heterocycles. The van der Waals surface area contributed by atoms with Gasteiger partial charge in [-0.15, -0.1) is 0 Å². The molecule has 0 aliphatic carbocycles. The highest BCUT2D eigenvalue weighted by molar-refractivity contribution is 5.96. The van der Waals surface area contributed by atoms with Crippen LogP contribution in [0.1, 0.15) is 97.8 Å². The van der Waals surface area contributed by atoms with Gasteiger partial charge in [-0.2, -0.15) is 0 Å². The minimum Gasteiger partial charge on any atom is -0.507 e. The molecule has 12 nitrogen and oxygen atoms in total. The maximum absolute atomic E-state index is 12.2. The fourth-order valence-electron chi connectivity index (χ4n) is 4.83. The Labute approximate surface area is 268 Å². The van der Waals surface area contributed by atoms with Crippen LogP contribution in [0.25, 0.3) is 0 Å². The standard InChI is InChI=1S/2C17H22O6/c1-21-13-10-14(19)16-15(11-13)22-8-4-2-6-12(18)7-3-5-9-23-17(16)20;1-21-13-10-14(19)16-15(11-13)22-8-4-2-3-6-12(18)7-5-9-23-17(16)20/h2*10-11,19H,2-9H2,1H3. The number of esters is 2. The number of phenolic OH excluding ortho intramolecular Hbond substituents is 2. The van der Waals surface area contributed by atoms with E-state index in [1.165, 1.54) is 26.4 Å². The molecule has 0 fully saturated rings. The number of aromatic hydroxyl groups is 2. The summed E-state index contributed by atoms with van der Waals surface area (Å²) in [5.74, 6) is -0.0752. The Morgan fingerprint density at radius 1 is 0.500 bits per heavy atom. The Hall–Kier alpha value is -4.48. The molecule has 2 heterocycles. The lowest BCUT2D eigenvalue weighted by Gasteiger charge is -2.15. The molecule has 252 valence electrons. The van der Waals surface area contributed by atoms with Crippen LogP contribution in [0.2, 0.25) is 0 Å². The monoisotopic (exact) mass is 644 g/mol. The number of rotatable bonds is 2. The summed E-state index contributed by atoms with van der Waals surface area (Å²) in [6.45, 7) is 1.08. The quantitative estimate of drug-likeness (QED) is 0.383. The summed E-state index contributed by atoms with van der Waals surface area (Å²) in [5.41, 5.74) is 0.00752. The molecular formula is C34H44O12. The number of Topliss-reactive ketones (excluding diaryl/α,β-unsaturated/α-hetero) is 2. The Morgan fingerprint density at radius 3 is 1.33 bits per heavy atom. The van der Waals surface area contributed by atoms with Gasteiger partial charge in [-0.3, -0.25) is 9.59 Å². The predicted molar refractivity (Wildman–Crippen MR) is 166 cm³/mol. The van der Waals surface area contributed by atoms with E-state index < -0.39 is 11.9 Å². The first kappa shape index (κ1) is 36.0. The van der Waals surface area contributed by atoms with Crippen LogP contribution >= 0.6 is 0 Å². The molecule has 0 atom stereocenters. The maximum atomic E-state index is 12.2. The smallest absolute Gasteiger partial charge is 0.345 e. The summed E-state index contributed by atoms with van der Waals surface area (Å²) >= 11 is 0. The van der Waals surface area contributed by atoms with Gasteiger partial charge in [0.05, 0.1) is 40.6 Å². The second-order valence-corrected chi connectivity index (χ2v) is 10.9. The summed E-state index contributed by atoms with van der Waals surface area (Å²) in [5, 5.41) is 20.1. The first-order valence-electron chi connectivity index (χ1n) is 15.7. The number of benzene rings is 2. The zero-order chi connectivity index (χ0) is 33.3. The van der Waals surface area contributed by atoms with Crippen molar-refractivity contribution in [3.63, 3.8) is 0 Å². The van der Waals surface area contributed by atoms with Crippen molar-refractivity contribution < 1.29 is 57.8 Å². The minimum absolute atomic E-state index is 0.00538. The molecule has 2 aliphatic rings. The van der Waals surface area contributed by atoms with E-state index in [0.29, 0.717) is 76.1 Å². The molecule has 2 aromatic carbocycles. The van der Waals surface area contributed by atoms with Crippen molar-refractivity contribution >= 4 is 23.5 Å². The number of phenols is 2. The average molecular weight is 645 g/mol. The number of carbonyl (C=O) groups excluding carboxylic acids is 4. The maximum Gasteiger partial charge on any atom is 0.345 e. The van der Waals surface area contributed by atoms with E-state index in [1.807, 2.05) is 0 Å². The normalized spacial score (nSPS) is 17.4. The Morgan fingerprint density at radius 2 is 0.870 bits per heavy atom. The molecule has 0 saturated carbocycles. The van der Waals surface area contributed by atoms with E-state index in [2.05, 4.69) is 0 Å². The van der Waals surface area contributed by atoms with E-state index >= 15 is 0 Å². The van der Waals surface area contributed by atoms with E-state index in [4.69, 9.17) is 28.4 Å². The summed E-state index contributed by atoms with van der Waals surface area (Å²) in [7, 11) is 2.94. The highest BCUT2D eigenvalue weighted by Gasteiger charge is 2.23. The highest BCUT2D eigenvalue weighted by Crippen LogP contribution is 2.35. The molecule has 0 unspecified atom stereocenters. The first-order chi connectivity index (χ1) is 22.2. The zero-order valence-corrected chi connectivity index (χ0v) is 26.6. The number of hydrogen-bond acceptors (Lipinski definition) is 12. The second-order valence-electron chi connectivity index (χ2n) is 10.9. The molecule has 12 heteroatoms. The first-order valence-corrected chi connectivity index (χ1v) is 15.7. The summed E-state index contributed by atoms with van der Waals surface area (Å²) in [6, 6.07) is 5.81. The van der Waals surface area contributed by atoms with Gasteiger partial charge >= 0.3 is 11.9 Å². The largest absolute Gasteiger partial charge is 0.507 e. The fourth-order valence-corrected chi connectivity index (χ4v) is 4.83. The minimum atomic E-state index is -0.662. The topological polar surface area (TPSA) is 164 Å². The summed E-state index contributed by atoms with van der Waals surface area (Å²) in [6.07, 6.45) is 7.72. The molecule has 0 spiro atoms. The molecule has 0 bridgehead atoms. The molecule has 2 N–H and O–H groups in total. The molecule has 46 heavy (non-hydrogen) atoms. The number of carbonyl (C=O) groups is 4. The number of fused-ring (bicyclic) bond motifs is 2. The Balaban J connectivity index is 0.000000250. The molecule has 0 amide bonds. The van der Waals surface area contributed by atoms with Crippen LogP contribution in [0.4, 0.5) is 0 Å². The van der Waals surface area contributed by atoms with Gasteiger partial charge < -0.3 is 38.6 Å². The molecule has 2 aliphatic heterocycles. The van der Waals surface area contributed by atoms with E-state index in [-0.39, 0.29) is 58.9 Å². The van der Waals surface area contributed by atoms with Crippen LogP contribution in [0, 0.1) is 0 Å². The van der Waals surface area contributed by atoms with Crippen LogP contribution in [0.3, 0.4) is 0 Å². The van der Waals surface area contributed by atoms with Crippen molar-refractivity contribution in [3.8, 4) is 34.5 Å². The van der Waals surface area contributed by atoms with Gasteiger partial charge in [0, 0.05) is 49.9 Å². The van der Waals surface area contributed by atoms with E-state index in [9.17, 15) is 29.4 Å². The van der Waals surface area contributed by atoms with Gasteiger partial charge in [0.2, 0.25) is 0 Å². The summed E-state index contributed by atoms with van der Waals surface area (Å²) in [4.78, 5) is 47.7. The van der Waals surface area contributed by atoms with Gasteiger partial charge in [-0.25, -0.2) is 9.59 Å². The number of ketones is 2. The zero-order valence-electron chi connectivity index (χ0n) is 26.6. The third-order valence-corrected chi connectivity index (χ3v) is 7.37. The number of cyclic esters (lactones) is 2. The fraction of sp³-hybridized carbons (Fsp3) is 0.529. The van der Waals surface area contributed by atoms with Crippen LogP contribution in [-0.4, -0.2) is 74.4 Å².